The Morgan fingerprint density at radius 1 is 0.720 bits per heavy atom. The van der Waals surface area contributed by atoms with Crippen LogP contribution in [-0.4, -0.2) is 28.0 Å². The van der Waals surface area contributed by atoms with Crippen molar-refractivity contribution >= 4 is 0 Å². The molecule has 25 heavy (non-hydrogen) atoms. The summed E-state index contributed by atoms with van der Waals surface area (Å²) in [5.74, 6) is 0. The molecule has 4 heteroatoms. The van der Waals surface area contributed by atoms with E-state index in [9.17, 15) is 0 Å². The van der Waals surface area contributed by atoms with E-state index in [1.54, 1.807) is 0 Å². The molecule has 0 aliphatic heterocycles. The molecule has 0 atom stereocenters. The molecule has 1 aromatic carbocycles. The SMILES string of the molecule is c1ccc(CN(CCNCc2ccccn2)Cc2ccccn2)cc1. The molecule has 0 amide bonds. The Balaban J connectivity index is 1.54. The van der Waals surface area contributed by atoms with E-state index in [0.29, 0.717) is 0 Å². The number of nitrogens with one attached hydrogen (secondary N) is 1. The van der Waals surface area contributed by atoms with Gasteiger partial charge in [0.05, 0.1) is 11.4 Å². The normalized spacial score (nSPS) is 10.9. The summed E-state index contributed by atoms with van der Waals surface area (Å²) in [6, 6.07) is 22.7. The van der Waals surface area contributed by atoms with E-state index in [0.717, 1.165) is 44.1 Å². The van der Waals surface area contributed by atoms with Crippen molar-refractivity contribution in [3.05, 3.63) is 96.1 Å². The highest BCUT2D eigenvalue weighted by Crippen LogP contribution is 2.08. The van der Waals surface area contributed by atoms with Crippen LogP contribution in [0.2, 0.25) is 0 Å². The number of benzene rings is 1. The third-order valence-corrected chi connectivity index (χ3v) is 4.00. The van der Waals surface area contributed by atoms with Gasteiger partial charge in [0, 0.05) is 45.1 Å². The van der Waals surface area contributed by atoms with Gasteiger partial charge in [0.15, 0.2) is 0 Å². The van der Waals surface area contributed by atoms with Crippen molar-refractivity contribution in [1.82, 2.24) is 20.2 Å². The quantitative estimate of drug-likeness (QED) is 0.611. The molecule has 4 nitrogen and oxygen atoms in total. The molecule has 0 saturated carbocycles. The average Bonchev–Trinajstić information content (AvgIpc) is 2.67. The Morgan fingerprint density at radius 3 is 2.08 bits per heavy atom. The number of aromatic nitrogens is 2. The van der Waals surface area contributed by atoms with Crippen LogP contribution >= 0.6 is 0 Å². The summed E-state index contributed by atoms with van der Waals surface area (Å²) < 4.78 is 0. The second kappa shape index (κ2) is 9.67. The van der Waals surface area contributed by atoms with Gasteiger partial charge in [0.25, 0.3) is 0 Å². The second-order valence-corrected chi connectivity index (χ2v) is 6.02. The van der Waals surface area contributed by atoms with E-state index in [-0.39, 0.29) is 0 Å². The summed E-state index contributed by atoms with van der Waals surface area (Å²) in [6.45, 7) is 4.43. The lowest BCUT2D eigenvalue weighted by atomic mass is 10.2. The van der Waals surface area contributed by atoms with Crippen molar-refractivity contribution in [2.45, 2.75) is 19.6 Å². The smallest absolute Gasteiger partial charge is 0.0544 e. The van der Waals surface area contributed by atoms with Gasteiger partial charge in [-0.2, -0.15) is 0 Å². The Kier molecular flexibility index (Phi) is 6.68. The molecule has 3 rings (SSSR count). The Bertz CT molecular complexity index is 675. The van der Waals surface area contributed by atoms with Crippen molar-refractivity contribution in [2.75, 3.05) is 13.1 Å². The lowest BCUT2D eigenvalue weighted by molar-refractivity contribution is 0.253. The fraction of sp³-hybridized carbons (Fsp3) is 0.238. The molecule has 0 radical (unpaired) electrons. The van der Waals surface area contributed by atoms with Crippen LogP contribution in [-0.2, 0) is 19.6 Å². The van der Waals surface area contributed by atoms with Gasteiger partial charge < -0.3 is 5.32 Å². The van der Waals surface area contributed by atoms with Gasteiger partial charge in [0.2, 0.25) is 0 Å². The van der Waals surface area contributed by atoms with Crippen molar-refractivity contribution in [1.29, 1.82) is 0 Å². The van der Waals surface area contributed by atoms with Crippen molar-refractivity contribution < 1.29 is 0 Å². The largest absolute Gasteiger partial charge is 0.310 e. The minimum Gasteiger partial charge on any atom is -0.310 e. The Hall–Kier alpha value is -2.56. The highest BCUT2D eigenvalue weighted by molar-refractivity contribution is 5.15. The van der Waals surface area contributed by atoms with Crippen LogP contribution in [0.1, 0.15) is 17.0 Å². The minimum atomic E-state index is 0.795. The van der Waals surface area contributed by atoms with Gasteiger partial charge in [-0.1, -0.05) is 42.5 Å². The van der Waals surface area contributed by atoms with E-state index in [4.69, 9.17) is 0 Å². The maximum atomic E-state index is 4.46. The molecule has 0 unspecified atom stereocenters. The maximum absolute atomic E-state index is 4.46. The summed E-state index contributed by atoms with van der Waals surface area (Å²) in [4.78, 5) is 11.2. The van der Waals surface area contributed by atoms with E-state index in [1.165, 1.54) is 5.56 Å². The number of hydrogen-bond donors (Lipinski definition) is 1. The minimum absolute atomic E-state index is 0.795. The molecule has 128 valence electrons. The number of pyridine rings is 2. The Labute approximate surface area is 149 Å². The van der Waals surface area contributed by atoms with Crippen molar-refractivity contribution in [3.8, 4) is 0 Å². The van der Waals surface area contributed by atoms with E-state index < -0.39 is 0 Å². The fourth-order valence-electron chi connectivity index (χ4n) is 2.73. The van der Waals surface area contributed by atoms with Crippen LogP contribution in [0.25, 0.3) is 0 Å². The summed E-state index contributed by atoms with van der Waals surface area (Å²) in [6.07, 6.45) is 3.69. The molecule has 1 N–H and O–H groups in total. The summed E-state index contributed by atoms with van der Waals surface area (Å²) in [5, 5.41) is 3.48. The van der Waals surface area contributed by atoms with Gasteiger partial charge >= 0.3 is 0 Å². The van der Waals surface area contributed by atoms with E-state index in [2.05, 4.69) is 56.6 Å². The molecule has 0 saturated heterocycles. The molecular formula is C21H24N4. The molecule has 0 aliphatic rings. The zero-order valence-corrected chi connectivity index (χ0v) is 14.4. The highest BCUT2D eigenvalue weighted by atomic mass is 15.1. The molecule has 2 aromatic heterocycles. The number of rotatable bonds is 9. The van der Waals surface area contributed by atoms with Crippen molar-refractivity contribution in [2.24, 2.45) is 0 Å². The zero-order valence-electron chi connectivity index (χ0n) is 14.4. The van der Waals surface area contributed by atoms with Crippen LogP contribution in [0, 0.1) is 0 Å². The molecule has 0 spiro atoms. The predicted octanol–water partition coefficient (Wildman–Crippen LogP) is 3.27. The maximum Gasteiger partial charge on any atom is 0.0544 e. The molecule has 2 heterocycles. The van der Waals surface area contributed by atoms with Crippen molar-refractivity contribution in [3.63, 3.8) is 0 Å². The van der Waals surface area contributed by atoms with Crippen LogP contribution in [0.3, 0.4) is 0 Å². The highest BCUT2D eigenvalue weighted by Gasteiger charge is 2.07. The Morgan fingerprint density at radius 2 is 1.40 bits per heavy atom. The number of nitrogens with zero attached hydrogens (tertiary/aromatic N) is 3. The first kappa shape index (κ1) is 17.3. The van der Waals surface area contributed by atoms with Gasteiger partial charge in [-0.3, -0.25) is 14.9 Å². The van der Waals surface area contributed by atoms with Crippen LogP contribution in [0.5, 0.6) is 0 Å². The number of hydrogen-bond acceptors (Lipinski definition) is 4. The third kappa shape index (κ3) is 6.10. The van der Waals surface area contributed by atoms with E-state index in [1.807, 2.05) is 42.7 Å². The second-order valence-electron chi connectivity index (χ2n) is 6.02. The van der Waals surface area contributed by atoms with Gasteiger partial charge in [-0.25, -0.2) is 0 Å². The lowest BCUT2D eigenvalue weighted by Gasteiger charge is -2.22. The van der Waals surface area contributed by atoms with Gasteiger partial charge in [0.1, 0.15) is 0 Å². The van der Waals surface area contributed by atoms with Gasteiger partial charge in [-0.05, 0) is 29.8 Å². The standard InChI is InChI=1S/C21H24N4/c1-2-8-19(9-3-1)17-25(18-21-11-5-7-13-24-21)15-14-22-16-20-10-4-6-12-23-20/h1-13,22H,14-18H2. The average molecular weight is 332 g/mol. The van der Waals surface area contributed by atoms with Crippen LogP contribution in [0.15, 0.2) is 79.1 Å². The molecule has 3 aromatic rings. The van der Waals surface area contributed by atoms with Crippen LogP contribution < -0.4 is 5.32 Å². The predicted molar refractivity (Wildman–Crippen MR) is 101 cm³/mol. The third-order valence-electron chi connectivity index (χ3n) is 4.00. The molecule has 0 fully saturated rings. The molecule has 0 aliphatic carbocycles. The van der Waals surface area contributed by atoms with Gasteiger partial charge in [-0.15, -0.1) is 0 Å². The topological polar surface area (TPSA) is 41.0 Å². The summed E-state index contributed by atoms with van der Waals surface area (Å²) in [7, 11) is 0. The fourth-order valence-corrected chi connectivity index (χ4v) is 2.73. The van der Waals surface area contributed by atoms with E-state index >= 15 is 0 Å². The first-order chi connectivity index (χ1) is 12.4. The monoisotopic (exact) mass is 332 g/mol. The summed E-state index contributed by atoms with van der Waals surface area (Å²) in [5.41, 5.74) is 3.49. The first-order valence-corrected chi connectivity index (χ1v) is 8.67. The lowest BCUT2D eigenvalue weighted by Crippen LogP contribution is -2.31. The van der Waals surface area contributed by atoms with Crippen LogP contribution in [0.4, 0.5) is 0 Å². The first-order valence-electron chi connectivity index (χ1n) is 8.67. The molecule has 0 bridgehead atoms. The zero-order chi connectivity index (χ0) is 17.2. The molecular weight excluding hydrogens is 308 g/mol. The summed E-state index contributed by atoms with van der Waals surface area (Å²) >= 11 is 0.